The Balaban J connectivity index is 1.86. The molecule has 1 heterocycles. The number of nitrogen functional groups attached to an aromatic ring is 1. The Morgan fingerprint density at radius 2 is 1.89 bits per heavy atom. The molecule has 1 aromatic carbocycles. The van der Waals surface area contributed by atoms with Crippen molar-refractivity contribution in [3.8, 4) is 5.75 Å². The minimum Gasteiger partial charge on any atom is -0.497 e. The number of rotatable bonds is 5. The van der Waals surface area contributed by atoms with Crippen molar-refractivity contribution in [1.82, 2.24) is 4.98 Å². The summed E-state index contributed by atoms with van der Waals surface area (Å²) in [6, 6.07) is 12.2. The predicted octanol–water partition coefficient (Wildman–Crippen LogP) is 2.85. The summed E-state index contributed by atoms with van der Waals surface area (Å²) in [6.07, 6.45) is 4.80. The molecule has 0 aliphatic carbocycles. The van der Waals surface area contributed by atoms with Crippen molar-refractivity contribution in [2.75, 3.05) is 12.8 Å². The van der Waals surface area contributed by atoms with Gasteiger partial charge in [0.05, 0.1) is 7.11 Å². The Hall–Kier alpha value is -2.03. The lowest BCUT2D eigenvalue weighted by molar-refractivity contribution is 0.414. The highest BCUT2D eigenvalue weighted by Gasteiger charge is 2.00. The standard InChI is InChI=1S/C15H18N2O/c1-18-14-9-7-12(8-10-14)4-2-5-13-6-3-11-17-15(13)16/h3,6-11H,2,4-5H2,1H3,(H2,16,17). The van der Waals surface area contributed by atoms with Crippen LogP contribution >= 0.6 is 0 Å². The van der Waals surface area contributed by atoms with Gasteiger partial charge in [-0.25, -0.2) is 4.98 Å². The zero-order valence-electron chi connectivity index (χ0n) is 10.6. The second-order valence-electron chi connectivity index (χ2n) is 4.25. The average Bonchev–Trinajstić information content (AvgIpc) is 2.42. The lowest BCUT2D eigenvalue weighted by Crippen LogP contribution is -1.98. The van der Waals surface area contributed by atoms with Gasteiger partial charge in [-0.2, -0.15) is 0 Å². The minimum atomic E-state index is 0.646. The summed E-state index contributed by atoms with van der Waals surface area (Å²) in [5, 5.41) is 0. The summed E-state index contributed by atoms with van der Waals surface area (Å²) in [6.45, 7) is 0. The number of aryl methyl sites for hydroxylation is 2. The molecule has 0 unspecified atom stereocenters. The van der Waals surface area contributed by atoms with Gasteiger partial charge in [-0.3, -0.25) is 0 Å². The maximum Gasteiger partial charge on any atom is 0.126 e. The molecule has 3 nitrogen and oxygen atoms in total. The average molecular weight is 242 g/mol. The number of methoxy groups -OCH3 is 1. The number of pyridine rings is 1. The number of anilines is 1. The van der Waals surface area contributed by atoms with Gasteiger partial charge in [0.25, 0.3) is 0 Å². The van der Waals surface area contributed by atoms with Crippen molar-refractivity contribution in [2.24, 2.45) is 0 Å². The monoisotopic (exact) mass is 242 g/mol. The Bertz CT molecular complexity index is 494. The van der Waals surface area contributed by atoms with Crippen molar-refractivity contribution in [1.29, 1.82) is 0 Å². The fraction of sp³-hybridized carbons (Fsp3) is 0.267. The first kappa shape index (κ1) is 12.4. The number of nitrogens with zero attached hydrogens (tertiary/aromatic N) is 1. The third kappa shape index (κ3) is 3.23. The molecular weight excluding hydrogens is 224 g/mol. The van der Waals surface area contributed by atoms with Gasteiger partial charge in [-0.1, -0.05) is 18.2 Å². The van der Waals surface area contributed by atoms with E-state index in [0.717, 1.165) is 30.6 Å². The molecule has 18 heavy (non-hydrogen) atoms. The fourth-order valence-corrected chi connectivity index (χ4v) is 1.94. The molecule has 0 aliphatic heterocycles. The van der Waals surface area contributed by atoms with Gasteiger partial charge in [0.2, 0.25) is 0 Å². The van der Waals surface area contributed by atoms with Crippen LogP contribution in [0, 0.1) is 0 Å². The summed E-state index contributed by atoms with van der Waals surface area (Å²) in [5.41, 5.74) is 8.26. The van der Waals surface area contributed by atoms with E-state index in [1.807, 2.05) is 24.3 Å². The summed E-state index contributed by atoms with van der Waals surface area (Å²) in [4.78, 5) is 4.09. The fourth-order valence-electron chi connectivity index (χ4n) is 1.94. The van der Waals surface area contributed by atoms with Crippen LogP contribution in [-0.4, -0.2) is 12.1 Å². The Kier molecular flexibility index (Phi) is 4.18. The number of hydrogen-bond donors (Lipinski definition) is 1. The number of benzene rings is 1. The summed E-state index contributed by atoms with van der Waals surface area (Å²) < 4.78 is 5.13. The molecule has 0 saturated carbocycles. The summed E-state index contributed by atoms with van der Waals surface area (Å²) in [5.74, 6) is 1.54. The Morgan fingerprint density at radius 1 is 1.11 bits per heavy atom. The van der Waals surface area contributed by atoms with Crippen LogP contribution in [0.25, 0.3) is 0 Å². The predicted molar refractivity (Wildman–Crippen MR) is 73.7 cm³/mol. The van der Waals surface area contributed by atoms with Crippen molar-refractivity contribution in [2.45, 2.75) is 19.3 Å². The molecule has 2 aromatic rings. The largest absolute Gasteiger partial charge is 0.497 e. The van der Waals surface area contributed by atoms with Gasteiger partial charge in [0, 0.05) is 6.20 Å². The molecule has 0 saturated heterocycles. The van der Waals surface area contributed by atoms with Crippen molar-refractivity contribution in [3.05, 3.63) is 53.7 Å². The molecule has 0 aliphatic rings. The van der Waals surface area contributed by atoms with Gasteiger partial charge >= 0.3 is 0 Å². The van der Waals surface area contributed by atoms with Crippen LogP contribution < -0.4 is 10.5 Å². The molecule has 0 fully saturated rings. The van der Waals surface area contributed by atoms with Crippen LogP contribution in [0.3, 0.4) is 0 Å². The maximum absolute atomic E-state index is 5.81. The van der Waals surface area contributed by atoms with E-state index in [4.69, 9.17) is 10.5 Å². The number of aromatic nitrogens is 1. The van der Waals surface area contributed by atoms with Gasteiger partial charge < -0.3 is 10.5 Å². The number of ether oxygens (including phenoxy) is 1. The zero-order chi connectivity index (χ0) is 12.8. The van der Waals surface area contributed by atoms with E-state index in [-0.39, 0.29) is 0 Å². The molecule has 0 radical (unpaired) electrons. The van der Waals surface area contributed by atoms with Crippen molar-refractivity contribution in [3.63, 3.8) is 0 Å². The van der Waals surface area contributed by atoms with Crippen molar-refractivity contribution < 1.29 is 4.74 Å². The molecule has 2 N–H and O–H groups in total. The minimum absolute atomic E-state index is 0.646. The van der Waals surface area contributed by atoms with E-state index in [9.17, 15) is 0 Å². The van der Waals surface area contributed by atoms with E-state index in [0.29, 0.717) is 5.82 Å². The first-order chi connectivity index (χ1) is 8.79. The van der Waals surface area contributed by atoms with E-state index >= 15 is 0 Å². The van der Waals surface area contributed by atoms with Gasteiger partial charge in [-0.15, -0.1) is 0 Å². The zero-order valence-corrected chi connectivity index (χ0v) is 10.6. The van der Waals surface area contributed by atoms with E-state index < -0.39 is 0 Å². The second-order valence-corrected chi connectivity index (χ2v) is 4.25. The van der Waals surface area contributed by atoms with Crippen LogP contribution in [0.15, 0.2) is 42.6 Å². The van der Waals surface area contributed by atoms with Gasteiger partial charge in [-0.05, 0) is 48.6 Å². The normalized spacial score (nSPS) is 10.3. The molecule has 0 spiro atoms. The lowest BCUT2D eigenvalue weighted by Gasteiger charge is -2.05. The summed E-state index contributed by atoms with van der Waals surface area (Å²) in [7, 11) is 1.68. The van der Waals surface area contributed by atoms with E-state index in [2.05, 4.69) is 17.1 Å². The molecular formula is C15H18N2O. The van der Waals surface area contributed by atoms with E-state index in [1.165, 1.54) is 5.56 Å². The highest BCUT2D eigenvalue weighted by Crippen LogP contribution is 2.15. The third-order valence-corrected chi connectivity index (χ3v) is 3.00. The second kappa shape index (κ2) is 6.05. The molecule has 1 aromatic heterocycles. The number of nitrogens with two attached hydrogens (primary N) is 1. The lowest BCUT2D eigenvalue weighted by atomic mass is 10.0. The first-order valence-corrected chi connectivity index (χ1v) is 6.12. The number of hydrogen-bond acceptors (Lipinski definition) is 3. The van der Waals surface area contributed by atoms with Crippen LogP contribution in [0.1, 0.15) is 17.5 Å². The molecule has 0 atom stereocenters. The smallest absolute Gasteiger partial charge is 0.126 e. The quantitative estimate of drug-likeness (QED) is 0.877. The Labute approximate surface area is 108 Å². The maximum atomic E-state index is 5.81. The topological polar surface area (TPSA) is 48.1 Å². The molecule has 2 rings (SSSR count). The van der Waals surface area contributed by atoms with Crippen LogP contribution in [0.4, 0.5) is 5.82 Å². The van der Waals surface area contributed by atoms with Crippen molar-refractivity contribution >= 4 is 5.82 Å². The summed E-state index contributed by atoms with van der Waals surface area (Å²) >= 11 is 0. The third-order valence-electron chi connectivity index (χ3n) is 3.00. The van der Waals surface area contributed by atoms with Crippen LogP contribution in [-0.2, 0) is 12.8 Å². The Morgan fingerprint density at radius 3 is 2.56 bits per heavy atom. The van der Waals surface area contributed by atoms with E-state index in [1.54, 1.807) is 13.3 Å². The highest BCUT2D eigenvalue weighted by molar-refractivity contribution is 5.38. The van der Waals surface area contributed by atoms with Gasteiger partial charge in [0.15, 0.2) is 0 Å². The first-order valence-electron chi connectivity index (χ1n) is 6.12. The van der Waals surface area contributed by atoms with Gasteiger partial charge in [0.1, 0.15) is 11.6 Å². The van der Waals surface area contributed by atoms with Crippen LogP contribution in [0.2, 0.25) is 0 Å². The highest BCUT2D eigenvalue weighted by atomic mass is 16.5. The molecule has 0 bridgehead atoms. The molecule has 0 amide bonds. The SMILES string of the molecule is COc1ccc(CCCc2cccnc2N)cc1. The molecule has 3 heteroatoms. The molecule has 94 valence electrons. The van der Waals surface area contributed by atoms with Crippen LogP contribution in [0.5, 0.6) is 5.75 Å².